The average molecular weight is 208 g/mol. The SMILES string of the molecule is CCc1cc(NCC(C)CCN)ncn1. The predicted molar refractivity (Wildman–Crippen MR) is 62.7 cm³/mol. The molecular formula is C11H20N4. The Bertz CT molecular complexity index is 288. The Labute approximate surface area is 91.3 Å². The highest BCUT2D eigenvalue weighted by molar-refractivity contribution is 5.34. The fourth-order valence-corrected chi connectivity index (χ4v) is 1.35. The van der Waals surface area contributed by atoms with Crippen LogP contribution in [-0.4, -0.2) is 23.1 Å². The van der Waals surface area contributed by atoms with E-state index < -0.39 is 0 Å². The molecule has 0 radical (unpaired) electrons. The predicted octanol–water partition coefficient (Wildman–Crippen LogP) is 1.44. The number of nitrogens with two attached hydrogens (primary N) is 1. The van der Waals surface area contributed by atoms with Gasteiger partial charge in [0.15, 0.2) is 0 Å². The minimum absolute atomic E-state index is 0.579. The van der Waals surface area contributed by atoms with Crippen molar-refractivity contribution in [3.05, 3.63) is 18.1 Å². The van der Waals surface area contributed by atoms with Crippen LogP contribution in [0, 0.1) is 5.92 Å². The Morgan fingerprint density at radius 2 is 2.27 bits per heavy atom. The number of nitrogens with one attached hydrogen (secondary N) is 1. The molecule has 3 N–H and O–H groups in total. The van der Waals surface area contributed by atoms with Gasteiger partial charge in [0.05, 0.1) is 0 Å². The van der Waals surface area contributed by atoms with Gasteiger partial charge in [0.1, 0.15) is 12.1 Å². The van der Waals surface area contributed by atoms with Crippen molar-refractivity contribution in [1.29, 1.82) is 0 Å². The van der Waals surface area contributed by atoms with Gasteiger partial charge in [0, 0.05) is 18.3 Å². The van der Waals surface area contributed by atoms with Gasteiger partial charge >= 0.3 is 0 Å². The summed E-state index contributed by atoms with van der Waals surface area (Å²) in [7, 11) is 0. The van der Waals surface area contributed by atoms with Gasteiger partial charge in [-0.2, -0.15) is 0 Å². The largest absolute Gasteiger partial charge is 0.370 e. The van der Waals surface area contributed by atoms with Gasteiger partial charge in [-0.25, -0.2) is 9.97 Å². The van der Waals surface area contributed by atoms with E-state index in [4.69, 9.17) is 5.73 Å². The third-order valence-corrected chi connectivity index (χ3v) is 2.38. The molecule has 0 amide bonds. The van der Waals surface area contributed by atoms with Crippen molar-refractivity contribution in [3.8, 4) is 0 Å². The molecule has 0 bridgehead atoms. The number of nitrogens with zero attached hydrogens (tertiary/aromatic N) is 2. The molecule has 0 aromatic carbocycles. The van der Waals surface area contributed by atoms with Crippen LogP contribution in [0.25, 0.3) is 0 Å². The summed E-state index contributed by atoms with van der Waals surface area (Å²) >= 11 is 0. The monoisotopic (exact) mass is 208 g/mol. The summed E-state index contributed by atoms with van der Waals surface area (Å²) in [6.45, 7) is 5.93. The zero-order valence-corrected chi connectivity index (χ0v) is 9.53. The summed E-state index contributed by atoms with van der Waals surface area (Å²) in [5, 5.41) is 3.30. The lowest BCUT2D eigenvalue weighted by Gasteiger charge is -2.11. The average Bonchev–Trinajstić information content (AvgIpc) is 2.27. The first-order chi connectivity index (χ1) is 7.26. The number of aromatic nitrogens is 2. The molecule has 0 aliphatic heterocycles. The summed E-state index contributed by atoms with van der Waals surface area (Å²) in [6.07, 6.45) is 3.59. The Balaban J connectivity index is 2.43. The first kappa shape index (κ1) is 11.9. The van der Waals surface area contributed by atoms with Gasteiger partial charge in [0.25, 0.3) is 0 Å². The Morgan fingerprint density at radius 1 is 1.47 bits per heavy atom. The van der Waals surface area contributed by atoms with E-state index in [2.05, 4.69) is 29.1 Å². The van der Waals surface area contributed by atoms with Crippen LogP contribution in [0.2, 0.25) is 0 Å². The molecule has 1 atom stereocenters. The van der Waals surface area contributed by atoms with Crippen LogP contribution in [-0.2, 0) is 6.42 Å². The third kappa shape index (κ3) is 4.25. The maximum atomic E-state index is 5.49. The van der Waals surface area contributed by atoms with Crippen LogP contribution >= 0.6 is 0 Å². The van der Waals surface area contributed by atoms with Crippen molar-refractivity contribution >= 4 is 5.82 Å². The van der Waals surface area contributed by atoms with E-state index >= 15 is 0 Å². The number of anilines is 1. The maximum Gasteiger partial charge on any atom is 0.129 e. The highest BCUT2D eigenvalue weighted by Crippen LogP contribution is 2.06. The van der Waals surface area contributed by atoms with Crippen molar-refractivity contribution in [2.24, 2.45) is 11.7 Å². The van der Waals surface area contributed by atoms with Crippen LogP contribution < -0.4 is 11.1 Å². The van der Waals surface area contributed by atoms with E-state index in [-0.39, 0.29) is 0 Å². The molecule has 0 aliphatic rings. The molecule has 4 nitrogen and oxygen atoms in total. The molecule has 1 aromatic heterocycles. The molecule has 4 heteroatoms. The molecule has 0 fully saturated rings. The van der Waals surface area contributed by atoms with Gasteiger partial charge in [0.2, 0.25) is 0 Å². The second kappa shape index (κ2) is 6.35. The molecule has 1 rings (SSSR count). The second-order valence-electron chi connectivity index (χ2n) is 3.81. The van der Waals surface area contributed by atoms with Gasteiger partial charge in [-0.05, 0) is 25.3 Å². The normalized spacial score (nSPS) is 12.5. The minimum Gasteiger partial charge on any atom is -0.370 e. The van der Waals surface area contributed by atoms with E-state index in [1.54, 1.807) is 6.33 Å². The van der Waals surface area contributed by atoms with E-state index in [1.807, 2.05) is 6.07 Å². The Morgan fingerprint density at radius 3 is 2.93 bits per heavy atom. The van der Waals surface area contributed by atoms with Crippen LogP contribution in [0.4, 0.5) is 5.82 Å². The quantitative estimate of drug-likeness (QED) is 0.742. The molecule has 0 spiro atoms. The number of aryl methyl sites for hydroxylation is 1. The molecular weight excluding hydrogens is 188 g/mol. The molecule has 1 aromatic rings. The Kier molecular flexibility index (Phi) is 5.04. The highest BCUT2D eigenvalue weighted by Gasteiger charge is 2.01. The minimum atomic E-state index is 0.579. The molecule has 84 valence electrons. The molecule has 0 saturated heterocycles. The van der Waals surface area contributed by atoms with E-state index in [9.17, 15) is 0 Å². The summed E-state index contributed by atoms with van der Waals surface area (Å²) in [5.74, 6) is 1.49. The van der Waals surface area contributed by atoms with E-state index in [1.165, 1.54) is 0 Å². The van der Waals surface area contributed by atoms with E-state index in [0.717, 1.165) is 37.4 Å². The maximum absolute atomic E-state index is 5.49. The highest BCUT2D eigenvalue weighted by atomic mass is 15.0. The van der Waals surface area contributed by atoms with Gasteiger partial charge in [-0.3, -0.25) is 0 Å². The van der Waals surface area contributed by atoms with Crippen molar-refractivity contribution in [3.63, 3.8) is 0 Å². The van der Waals surface area contributed by atoms with Gasteiger partial charge < -0.3 is 11.1 Å². The summed E-state index contributed by atoms with van der Waals surface area (Å²) in [6, 6.07) is 2.00. The summed E-state index contributed by atoms with van der Waals surface area (Å²) in [4.78, 5) is 8.32. The van der Waals surface area contributed by atoms with Crippen molar-refractivity contribution in [1.82, 2.24) is 9.97 Å². The molecule has 0 aliphatic carbocycles. The smallest absolute Gasteiger partial charge is 0.129 e. The molecule has 1 heterocycles. The zero-order valence-electron chi connectivity index (χ0n) is 9.53. The number of hydrogen-bond acceptors (Lipinski definition) is 4. The fourth-order valence-electron chi connectivity index (χ4n) is 1.35. The topological polar surface area (TPSA) is 63.8 Å². The molecule has 1 unspecified atom stereocenters. The van der Waals surface area contributed by atoms with Crippen LogP contribution in [0.3, 0.4) is 0 Å². The van der Waals surface area contributed by atoms with Crippen molar-refractivity contribution < 1.29 is 0 Å². The van der Waals surface area contributed by atoms with Gasteiger partial charge in [-0.1, -0.05) is 13.8 Å². The first-order valence-corrected chi connectivity index (χ1v) is 5.51. The van der Waals surface area contributed by atoms with Crippen LogP contribution in [0.15, 0.2) is 12.4 Å². The van der Waals surface area contributed by atoms with Crippen molar-refractivity contribution in [2.45, 2.75) is 26.7 Å². The van der Waals surface area contributed by atoms with E-state index in [0.29, 0.717) is 5.92 Å². The second-order valence-corrected chi connectivity index (χ2v) is 3.81. The van der Waals surface area contributed by atoms with Crippen LogP contribution in [0.1, 0.15) is 26.0 Å². The number of hydrogen-bond donors (Lipinski definition) is 2. The van der Waals surface area contributed by atoms with Gasteiger partial charge in [-0.15, -0.1) is 0 Å². The lowest BCUT2D eigenvalue weighted by Crippen LogP contribution is -2.15. The molecule has 0 saturated carbocycles. The lowest BCUT2D eigenvalue weighted by atomic mass is 10.1. The fraction of sp³-hybridized carbons (Fsp3) is 0.636. The standard InChI is InChI=1S/C11H20N4/c1-3-10-6-11(15-8-14-10)13-7-9(2)4-5-12/h6,8-9H,3-5,7,12H2,1-2H3,(H,13,14,15). The third-order valence-electron chi connectivity index (χ3n) is 2.38. The van der Waals surface area contributed by atoms with Crippen LogP contribution in [0.5, 0.6) is 0 Å². The lowest BCUT2D eigenvalue weighted by molar-refractivity contribution is 0.567. The summed E-state index contributed by atoms with van der Waals surface area (Å²) in [5.41, 5.74) is 6.56. The summed E-state index contributed by atoms with van der Waals surface area (Å²) < 4.78 is 0. The van der Waals surface area contributed by atoms with Crippen molar-refractivity contribution in [2.75, 3.05) is 18.4 Å². The molecule has 15 heavy (non-hydrogen) atoms. The first-order valence-electron chi connectivity index (χ1n) is 5.51. The number of rotatable bonds is 6. The Hall–Kier alpha value is -1.16. The zero-order chi connectivity index (χ0) is 11.1.